The topological polar surface area (TPSA) is 82.9 Å². The van der Waals surface area contributed by atoms with Crippen molar-refractivity contribution in [2.45, 2.75) is 19.9 Å². The van der Waals surface area contributed by atoms with Crippen molar-refractivity contribution in [2.75, 3.05) is 23.3 Å². The number of carbonyl (C=O) groups is 3. The van der Waals surface area contributed by atoms with Crippen molar-refractivity contribution < 1.29 is 18.8 Å². The number of carbonyl (C=O) groups excluding carboxylic acids is 3. The number of hydrogen-bond donors (Lipinski definition) is 1. The predicted octanol–water partition coefficient (Wildman–Crippen LogP) is 3.71. The predicted molar refractivity (Wildman–Crippen MR) is 115 cm³/mol. The number of rotatable bonds is 5. The van der Waals surface area contributed by atoms with Crippen LogP contribution in [0.5, 0.6) is 0 Å². The average Bonchev–Trinajstić information content (AvgIpc) is 3.49. The van der Waals surface area contributed by atoms with E-state index < -0.39 is 5.91 Å². The highest BCUT2D eigenvalue weighted by Gasteiger charge is 2.36. The van der Waals surface area contributed by atoms with Crippen LogP contribution in [0.25, 0.3) is 0 Å². The van der Waals surface area contributed by atoms with E-state index in [-0.39, 0.29) is 23.9 Å². The fraction of sp³-hybridized carbons (Fsp3) is 0.208. The van der Waals surface area contributed by atoms with Crippen LogP contribution in [-0.4, -0.2) is 35.7 Å². The monoisotopic (exact) mass is 415 g/mol. The molecule has 0 bridgehead atoms. The molecule has 2 aliphatic heterocycles. The highest BCUT2D eigenvalue weighted by atomic mass is 16.3. The molecule has 7 heteroatoms. The molecule has 3 heterocycles. The molecule has 2 aliphatic rings. The lowest BCUT2D eigenvalue weighted by Crippen LogP contribution is -2.28. The first-order chi connectivity index (χ1) is 15.0. The summed E-state index contributed by atoms with van der Waals surface area (Å²) in [7, 11) is 0. The summed E-state index contributed by atoms with van der Waals surface area (Å²) in [5.74, 6) is -0.623. The second-order valence-electron chi connectivity index (χ2n) is 7.66. The van der Waals surface area contributed by atoms with Gasteiger partial charge in [-0.2, -0.15) is 0 Å². The molecule has 7 nitrogen and oxygen atoms in total. The van der Waals surface area contributed by atoms with E-state index in [0.717, 1.165) is 30.1 Å². The van der Waals surface area contributed by atoms with Crippen LogP contribution in [0.4, 0.5) is 11.4 Å². The first-order valence-corrected chi connectivity index (χ1v) is 10.3. The number of imide groups is 1. The van der Waals surface area contributed by atoms with E-state index in [0.29, 0.717) is 22.6 Å². The average molecular weight is 415 g/mol. The van der Waals surface area contributed by atoms with Crippen LogP contribution >= 0.6 is 0 Å². The fourth-order valence-corrected chi connectivity index (χ4v) is 4.19. The number of nitrogens with one attached hydrogen (secondary N) is 1. The second-order valence-corrected chi connectivity index (χ2v) is 7.66. The number of likely N-dealkylation sites (N-methyl/N-ethyl adjacent to an activating group) is 1. The smallest absolute Gasteiger partial charge is 0.261 e. The van der Waals surface area contributed by atoms with Crippen LogP contribution in [-0.2, 0) is 13.0 Å². The highest BCUT2D eigenvalue weighted by Crippen LogP contribution is 2.31. The summed E-state index contributed by atoms with van der Waals surface area (Å²) in [5, 5.41) is 2.91. The van der Waals surface area contributed by atoms with Gasteiger partial charge in [-0.1, -0.05) is 6.07 Å². The van der Waals surface area contributed by atoms with Crippen molar-refractivity contribution in [1.29, 1.82) is 0 Å². The summed E-state index contributed by atoms with van der Waals surface area (Å²) < 4.78 is 5.25. The standard InChI is InChI=1S/C24H21N3O4/c1-2-26-10-9-15-5-7-17(13-21(15)26)25-22(28)16-6-8-19-20(12-16)24(30)27(23(19)29)14-18-4-3-11-31-18/h3-8,11-13H,2,9-10,14H2,1H3,(H,25,28). The highest BCUT2D eigenvalue weighted by molar-refractivity contribution is 6.22. The maximum Gasteiger partial charge on any atom is 0.261 e. The van der Waals surface area contributed by atoms with Crippen molar-refractivity contribution in [1.82, 2.24) is 4.90 Å². The Morgan fingerprint density at radius 3 is 2.68 bits per heavy atom. The molecule has 1 N–H and O–H groups in total. The second kappa shape index (κ2) is 7.43. The van der Waals surface area contributed by atoms with Gasteiger partial charge in [0.15, 0.2) is 0 Å². The first kappa shape index (κ1) is 19.1. The summed E-state index contributed by atoms with van der Waals surface area (Å²) in [6.07, 6.45) is 2.50. The zero-order chi connectivity index (χ0) is 21.5. The Hall–Kier alpha value is -3.87. The number of anilines is 2. The third-order valence-corrected chi connectivity index (χ3v) is 5.84. The normalized spacial score (nSPS) is 14.7. The molecule has 0 saturated heterocycles. The summed E-state index contributed by atoms with van der Waals surface area (Å²) in [4.78, 5) is 41.7. The Kier molecular flexibility index (Phi) is 4.58. The number of amides is 3. The minimum Gasteiger partial charge on any atom is -0.467 e. The zero-order valence-corrected chi connectivity index (χ0v) is 17.1. The van der Waals surface area contributed by atoms with Gasteiger partial charge in [0.05, 0.1) is 23.9 Å². The van der Waals surface area contributed by atoms with Crippen molar-refractivity contribution in [2.24, 2.45) is 0 Å². The van der Waals surface area contributed by atoms with Gasteiger partial charge >= 0.3 is 0 Å². The van der Waals surface area contributed by atoms with Gasteiger partial charge < -0.3 is 14.6 Å². The number of fused-ring (bicyclic) bond motifs is 2. The van der Waals surface area contributed by atoms with Crippen LogP contribution in [0.3, 0.4) is 0 Å². The minimum absolute atomic E-state index is 0.0595. The van der Waals surface area contributed by atoms with E-state index in [1.54, 1.807) is 18.2 Å². The molecular formula is C24H21N3O4. The van der Waals surface area contributed by atoms with Gasteiger partial charge in [0.2, 0.25) is 0 Å². The molecule has 5 rings (SSSR count). The van der Waals surface area contributed by atoms with E-state index >= 15 is 0 Å². The quantitative estimate of drug-likeness (QED) is 0.643. The van der Waals surface area contributed by atoms with Gasteiger partial charge in [-0.05, 0) is 61.4 Å². The molecule has 3 aromatic rings. The maximum absolute atomic E-state index is 12.8. The molecular weight excluding hydrogens is 394 g/mol. The lowest BCUT2D eigenvalue weighted by molar-refractivity contribution is 0.0631. The molecule has 31 heavy (non-hydrogen) atoms. The van der Waals surface area contributed by atoms with Crippen molar-refractivity contribution >= 4 is 29.1 Å². The molecule has 2 aromatic carbocycles. The minimum atomic E-state index is -0.429. The van der Waals surface area contributed by atoms with Crippen LogP contribution in [0, 0.1) is 0 Å². The van der Waals surface area contributed by atoms with Gasteiger partial charge in [0.25, 0.3) is 17.7 Å². The lowest BCUT2D eigenvalue weighted by Gasteiger charge is -2.17. The molecule has 0 unspecified atom stereocenters. The van der Waals surface area contributed by atoms with E-state index in [1.165, 1.54) is 24.0 Å². The molecule has 0 fully saturated rings. The molecule has 3 amide bonds. The van der Waals surface area contributed by atoms with Gasteiger partial charge in [-0.25, -0.2) is 0 Å². The Morgan fingerprint density at radius 1 is 1.06 bits per heavy atom. The Bertz CT molecular complexity index is 1200. The Balaban J connectivity index is 1.36. The number of hydrogen-bond acceptors (Lipinski definition) is 5. The fourth-order valence-electron chi connectivity index (χ4n) is 4.19. The van der Waals surface area contributed by atoms with Crippen LogP contribution in [0.15, 0.2) is 59.2 Å². The van der Waals surface area contributed by atoms with Gasteiger partial charge in [-0.3, -0.25) is 19.3 Å². The number of benzene rings is 2. The Morgan fingerprint density at radius 2 is 1.90 bits per heavy atom. The van der Waals surface area contributed by atoms with E-state index in [4.69, 9.17) is 4.42 Å². The lowest BCUT2D eigenvalue weighted by atomic mass is 10.1. The molecule has 0 saturated carbocycles. The molecule has 0 atom stereocenters. The van der Waals surface area contributed by atoms with E-state index in [1.807, 2.05) is 18.2 Å². The van der Waals surface area contributed by atoms with Crippen LogP contribution in [0.1, 0.15) is 49.3 Å². The number of nitrogens with zero attached hydrogens (tertiary/aromatic N) is 2. The molecule has 156 valence electrons. The summed E-state index contributed by atoms with van der Waals surface area (Å²) in [5.41, 5.74) is 3.97. The maximum atomic E-state index is 12.8. The largest absolute Gasteiger partial charge is 0.467 e. The van der Waals surface area contributed by atoms with Crippen molar-refractivity contribution in [3.63, 3.8) is 0 Å². The third-order valence-electron chi connectivity index (χ3n) is 5.84. The van der Waals surface area contributed by atoms with E-state index in [9.17, 15) is 14.4 Å². The van der Waals surface area contributed by atoms with Gasteiger partial charge in [0.1, 0.15) is 5.76 Å². The van der Waals surface area contributed by atoms with Crippen LogP contribution < -0.4 is 10.2 Å². The van der Waals surface area contributed by atoms with Crippen molar-refractivity contribution in [3.8, 4) is 0 Å². The van der Waals surface area contributed by atoms with Crippen molar-refractivity contribution in [3.05, 3.63) is 82.8 Å². The van der Waals surface area contributed by atoms with Gasteiger partial charge in [-0.15, -0.1) is 0 Å². The third kappa shape index (κ3) is 3.28. The SMILES string of the molecule is CCN1CCc2ccc(NC(=O)c3ccc4c(c3)C(=O)N(Cc3ccco3)C4=O)cc21. The molecule has 0 radical (unpaired) electrons. The summed E-state index contributed by atoms with van der Waals surface area (Å²) >= 11 is 0. The van der Waals surface area contributed by atoms with Crippen LogP contribution in [0.2, 0.25) is 0 Å². The summed E-state index contributed by atoms with van der Waals surface area (Å²) in [6.45, 7) is 4.07. The van der Waals surface area contributed by atoms with E-state index in [2.05, 4.69) is 17.1 Å². The van der Waals surface area contributed by atoms with Gasteiger partial charge in [0, 0.05) is 30.0 Å². The zero-order valence-electron chi connectivity index (χ0n) is 17.1. The number of furan rings is 1. The Labute approximate surface area is 179 Å². The molecule has 1 aromatic heterocycles. The molecule has 0 spiro atoms. The summed E-state index contributed by atoms with van der Waals surface area (Å²) in [6, 6.07) is 13.9. The first-order valence-electron chi connectivity index (χ1n) is 10.3. The molecule has 0 aliphatic carbocycles.